The average Bonchev–Trinajstić information content (AvgIpc) is 2.28. The molecule has 1 rings (SSSR count). The smallest absolute Gasteiger partial charge is 0.162 e. The van der Waals surface area contributed by atoms with E-state index >= 15 is 0 Å². The molecule has 0 spiro atoms. The van der Waals surface area contributed by atoms with Gasteiger partial charge in [-0.2, -0.15) is 0 Å². The molecule has 0 atom stereocenters. The van der Waals surface area contributed by atoms with Crippen LogP contribution in [0.2, 0.25) is 0 Å². The van der Waals surface area contributed by atoms with E-state index in [-0.39, 0.29) is 5.76 Å². The molecule has 0 saturated carbocycles. The second-order valence-corrected chi connectivity index (χ2v) is 3.40. The maximum Gasteiger partial charge on any atom is 0.162 e. The summed E-state index contributed by atoms with van der Waals surface area (Å²) in [4.78, 5) is 2.15. The van der Waals surface area contributed by atoms with Crippen LogP contribution in [0, 0.1) is 0 Å². The topological polar surface area (TPSA) is 32.7 Å². The van der Waals surface area contributed by atoms with Crippen LogP contribution in [0.3, 0.4) is 0 Å². The van der Waals surface area contributed by atoms with Gasteiger partial charge < -0.3 is 14.7 Å². The van der Waals surface area contributed by atoms with E-state index in [0.717, 1.165) is 25.1 Å². The summed E-state index contributed by atoms with van der Waals surface area (Å²) in [5, 5.41) is 9.88. The van der Waals surface area contributed by atoms with Gasteiger partial charge in [-0.05, 0) is 26.3 Å². The summed E-state index contributed by atoms with van der Waals surface area (Å²) in [5.74, 6) is 0.798. The lowest BCUT2D eigenvalue weighted by Gasteiger charge is -2.19. The molecule has 1 aliphatic rings. The predicted molar refractivity (Wildman–Crippen MR) is 61.4 cm³/mol. The highest BCUT2D eigenvalue weighted by molar-refractivity contribution is 5.37. The fourth-order valence-electron chi connectivity index (χ4n) is 1.53. The van der Waals surface area contributed by atoms with Crippen LogP contribution in [0.5, 0.6) is 0 Å². The summed E-state index contributed by atoms with van der Waals surface area (Å²) in [6.45, 7) is 6.08. The second kappa shape index (κ2) is 5.49. The highest BCUT2D eigenvalue weighted by Gasteiger charge is 2.13. The van der Waals surface area contributed by atoms with E-state index in [1.807, 2.05) is 12.3 Å². The van der Waals surface area contributed by atoms with Crippen LogP contribution in [-0.2, 0) is 4.74 Å². The van der Waals surface area contributed by atoms with Crippen LogP contribution in [0.25, 0.3) is 0 Å². The van der Waals surface area contributed by atoms with Crippen LogP contribution in [0.4, 0.5) is 0 Å². The number of aliphatic hydroxyl groups is 1. The number of methoxy groups -OCH3 is 1. The standard InChI is InChI=1S/C12H19NO2/c1-4-13(5-2)9-10-7-6-8-11(15-3)12(10)14/h6,8-9,14H,4-5,7H2,1-3H3. The Balaban J connectivity index is 2.88. The first kappa shape index (κ1) is 11.7. The third-order valence-corrected chi connectivity index (χ3v) is 2.52. The lowest BCUT2D eigenvalue weighted by molar-refractivity contribution is 0.268. The fourth-order valence-corrected chi connectivity index (χ4v) is 1.53. The van der Waals surface area contributed by atoms with Gasteiger partial charge in [-0.15, -0.1) is 0 Å². The first-order valence-electron chi connectivity index (χ1n) is 5.31. The zero-order valence-corrected chi connectivity index (χ0v) is 9.66. The highest BCUT2D eigenvalue weighted by atomic mass is 16.5. The van der Waals surface area contributed by atoms with Crippen molar-refractivity contribution in [1.29, 1.82) is 0 Å². The van der Waals surface area contributed by atoms with Crippen molar-refractivity contribution in [3.63, 3.8) is 0 Å². The molecule has 0 amide bonds. The van der Waals surface area contributed by atoms with Gasteiger partial charge in [-0.25, -0.2) is 0 Å². The Morgan fingerprint density at radius 2 is 2.13 bits per heavy atom. The molecule has 0 saturated heterocycles. The molecule has 0 bridgehead atoms. The van der Waals surface area contributed by atoms with E-state index in [1.165, 1.54) is 0 Å². The van der Waals surface area contributed by atoms with E-state index in [9.17, 15) is 5.11 Å². The molecule has 0 unspecified atom stereocenters. The predicted octanol–water partition coefficient (Wildman–Crippen LogP) is 2.59. The molecule has 0 aromatic rings. The van der Waals surface area contributed by atoms with Gasteiger partial charge in [-0.1, -0.05) is 6.08 Å². The molecule has 0 aromatic carbocycles. The van der Waals surface area contributed by atoms with Crippen molar-refractivity contribution in [3.8, 4) is 0 Å². The summed E-state index contributed by atoms with van der Waals surface area (Å²) >= 11 is 0. The van der Waals surface area contributed by atoms with E-state index in [4.69, 9.17) is 4.74 Å². The van der Waals surface area contributed by atoms with Gasteiger partial charge in [0.05, 0.1) is 7.11 Å². The SMILES string of the molecule is CCN(C=C1CC=CC(OC)=C1O)CC. The number of rotatable bonds is 4. The van der Waals surface area contributed by atoms with Crippen LogP contribution in [0.1, 0.15) is 20.3 Å². The number of aliphatic hydroxyl groups excluding tert-OH is 1. The molecule has 0 radical (unpaired) electrons. The molecular formula is C12H19NO2. The molecule has 0 aromatic heterocycles. The quantitative estimate of drug-likeness (QED) is 0.772. The summed E-state index contributed by atoms with van der Waals surface area (Å²) in [6.07, 6.45) is 6.55. The van der Waals surface area contributed by atoms with Crippen molar-refractivity contribution >= 4 is 0 Å². The van der Waals surface area contributed by atoms with Crippen molar-refractivity contribution in [2.75, 3.05) is 20.2 Å². The molecule has 0 fully saturated rings. The maximum absolute atomic E-state index is 9.88. The van der Waals surface area contributed by atoms with E-state index in [2.05, 4.69) is 18.7 Å². The highest BCUT2D eigenvalue weighted by Crippen LogP contribution is 2.23. The van der Waals surface area contributed by atoms with Crippen molar-refractivity contribution < 1.29 is 9.84 Å². The minimum Gasteiger partial charge on any atom is -0.504 e. The molecule has 0 heterocycles. The minimum atomic E-state index is 0.256. The third kappa shape index (κ3) is 2.78. The van der Waals surface area contributed by atoms with Gasteiger partial charge in [0, 0.05) is 24.9 Å². The van der Waals surface area contributed by atoms with Gasteiger partial charge in [-0.3, -0.25) is 0 Å². The van der Waals surface area contributed by atoms with Crippen LogP contribution in [-0.4, -0.2) is 30.2 Å². The number of ether oxygens (including phenoxy) is 1. The van der Waals surface area contributed by atoms with Crippen LogP contribution < -0.4 is 0 Å². The Labute approximate surface area is 91.3 Å². The Bertz CT molecular complexity index is 299. The monoisotopic (exact) mass is 209 g/mol. The molecular weight excluding hydrogens is 190 g/mol. The Morgan fingerprint density at radius 1 is 1.47 bits per heavy atom. The molecule has 1 aliphatic carbocycles. The number of allylic oxidation sites excluding steroid dienone is 3. The van der Waals surface area contributed by atoms with E-state index in [1.54, 1.807) is 13.2 Å². The molecule has 3 nitrogen and oxygen atoms in total. The molecule has 1 N–H and O–H groups in total. The van der Waals surface area contributed by atoms with Gasteiger partial charge >= 0.3 is 0 Å². The number of hydrogen-bond acceptors (Lipinski definition) is 3. The van der Waals surface area contributed by atoms with Crippen molar-refractivity contribution in [2.45, 2.75) is 20.3 Å². The van der Waals surface area contributed by atoms with Crippen LogP contribution in [0.15, 0.2) is 35.4 Å². The van der Waals surface area contributed by atoms with Gasteiger partial charge in [0.15, 0.2) is 11.5 Å². The summed E-state index contributed by atoms with van der Waals surface area (Å²) in [6, 6.07) is 0. The lowest BCUT2D eigenvalue weighted by Crippen LogP contribution is -2.17. The minimum absolute atomic E-state index is 0.256. The zero-order valence-electron chi connectivity index (χ0n) is 9.66. The van der Waals surface area contributed by atoms with Crippen molar-refractivity contribution in [1.82, 2.24) is 4.90 Å². The van der Waals surface area contributed by atoms with Gasteiger partial charge in [0.2, 0.25) is 0 Å². The maximum atomic E-state index is 9.88. The van der Waals surface area contributed by atoms with E-state index in [0.29, 0.717) is 5.76 Å². The molecule has 15 heavy (non-hydrogen) atoms. The normalized spacial score (nSPS) is 18.5. The Hall–Kier alpha value is -1.38. The number of hydrogen-bond donors (Lipinski definition) is 1. The second-order valence-electron chi connectivity index (χ2n) is 3.40. The lowest BCUT2D eigenvalue weighted by atomic mass is 10.1. The number of nitrogens with zero attached hydrogens (tertiary/aromatic N) is 1. The summed E-state index contributed by atoms with van der Waals surface area (Å²) in [7, 11) is 1.57. The Kier molecular flexibility index (Phi) is 4.28. The van der Waals surface area contributed by atoms with Gasteiger partial charge in [0.1, 0.15) is 0 Å². The summed E-state index contributed by atoms with van der Waals surface area (Å²) < 4.78 is 5.07. The molecule has 84 valence electrons. The largest absolute Gasteiger partial charge is 0.504 e. The van der Waals surface area contributed by atoms with Crippen LogP contribution >= 0.6 is 0 Å². The van der Waals surface area contributed by atoms with Gasteiger partial charge in [0.25, 0.3) is 0 Å². The summed E-state index contributed by atoms with van der Waals surface area (Å²) in [5.41, 5.74) is 0.915. The molecule has 3 heteroatoms. The first-order chi connectivity index (χ1) is 7.22. The third-order valence-electron chi connectivity index (χ3n) is 2.52. The zero-order chi connectivity index (χ0) is 11.3. The molecule has 0 aliphatic heterocycles. The Morgan fingerprint density at radius 3 is 2.67 bits per heavy atom. The van der Waals surface area contributed by atoms with Crippen molar-refractivity contribution in [3.05, 3.63) is 35.4 Å². The van der Waals surface area contributed by atoms with Crippen molar-refractivity contribution in [2.24, 2.45) is 0 Å². The average molecular weight is 209 g/mol. The fraction of sp³-hybridized carbons (Fsp3) is 0.500. The van der Waals surface area contributed by atoms with E-state index < -0.39 is 0 Å². The first-order valence-corrected chi connectivity index (χ1v) is 5.31.